The van der Waals surface area contributed by atoms with E-state index < -0.39 is 6.17 Å². The highest BCUT2D eigenvalue weighted by Crippen LogP contribution is 2.27. The predicted molar refractivity (Wildman–Crippen MR) is 86.1 cm³/mol. The molecule has 1 N–H and O–H groups in total. The molecular weight excluding hydrogens is 297 g/mol. The van der Waals surface area contributed by atoms with Gasteiger partial charge >= 0.3 is 0 Å². The lowest BCUT2D eigenvalue weighted by atomic mass is 10.2. The van der Waals surface area contributed by atoms with Gasteiger partial charge in [-0.15, -0.1) is 0 Å². The fraction of sp³-hybridized carbons (Fsp3) is 0.529. The SMILES string of the molecule is O=C(CCN1CCC(F)C1)NCC(=O)N1CCc2ccccc21. The van der Waals surface area contributed by atoms with Gasteiger partial charge < -0.3 is 10.2 Å². The molecule has 3 rings (SSSR count). The minimum Gasteiger partial charge on any atom is -0.347 e. The number of anilines is 1. The Labute approximate surface area is 135 Å². The molecule has 2 heterocycles. The molecule has 2 aliphatic heterocycles. The Hall–Kier alpha value is -1.95. The summed E-state index contributed by atoms with van der Waals surface area (Å²) in [6.07, 6.45) is 0.940. The van der Waals surface area contributed by atoms with E-state index in [9.17, 15) is 14.0 Å². The number of carbonyl (C=O) groups is 2. The molecule has 0 spiro atoms. The lowest BCUT2D eigenvalue weighted by Crippen LogP contribution is -2.40. The van der Waals surface area contributed by atoms with Crippen LogP contribution in [0.1, 0.15) is 18.4 Å². The summed E-state index contributed by atoms with van der Waals surface area (Å²) in [6.45, 7) is 2.35. The normalized spacial score (nSPS) is 20.6. The Kier molecular flexibility index (Phi) is 4.91. The number of halogens is 1. The van der Waals surface area contributed by atoms with Crippen molar-refractivity contribution in [1.82, 2.24) is 10.2 Å². The summed E-state index contributed by atoms with van der Waals surface area (Å²) in [4.78, 5) is 27.8. The Morgan fingerprint density at radius 3 is 2.87 bits per heavy atom. The van der Waals surface area contributed by atoms with Crippen LogP contribution in [0.25, 0.3) is 0 Å². The average Bonchev–Trinajstić information content (AvgIpc) is 3.16. The molecule has 2 aliphatic rings. The van der Waals surface area contributed by atoms with Gasteiger partial charge in [0.05, 0.1) is 6.54 Å². The van der Waals surface area contributed by atoms with Crippen LogP contribution >= 0.6 is 0 Å². The topological polar surface area (TPSA) is 52.7 Å². The molecule has 5 nitrogen and oxygen atoms in total. The van der Waals surface area contributed by atoms with Crippen LogP contribution in [0.4, 0.5) is 10.1 Å². The third-order valence-electron chi connectivity index (χ3n) is 4.49. The zero-order valence-electron chi connectivity index (χ0n) is 13.1. The Balaban J connectivity index is 1.42. The fourth-order valence-corrected chi connectivity index (χ4v) is 3.20. The van der Waals surface area contributed by atoms with Gasteiger partial charge in [0.1, 0.15) is 6.17 Å². The minimum absolute atomic E-state index is 0.0128. The van der Waals surface area contributed by atoms with Crippen LogP contribution in [0, 0.1) is 0 Å². The zero-order valence-corrected chi connectivity index (χ0v) is 13.1. The van der Waals surface area contributed by atoms with Gasteiger partial charge in [-0.25, -0.2) is 4.39 Å². The molecule has 6 heteroatoms. The number of hydrogen-bond donors (Lipinski definition) is 1. The van der Waals surface area contributed by atoms with Gasteiger partial charge in [0, 0.05) is 38.3 Å². The van der Waals surface area contributed by atoms with Crippen LogP contribution in [0.3, 0.4) is 0 Å². The maximum atomic E-state index is 13.1. The van der Waals surface area contributed by atoms with Gasteiger partial charge in [0.15, 0.2) is 0 Å². The molecule has 23 heavy (non-hydrogen) atoms. The number of para-hydroxylation sites is 1. The second-order valence-corrected chi connectivity index (χ2v) is 6.14. The van der Waals surface area contributed by atoms with E-state index in [0.29, 0.717) is 39.0 Å². The summed E-state index contributed by atoms with van der Waals surface area (Å²) in [6, 6.07) is 7.84. The number of alkyl halides is 1. The summed E-state index contributed by atoms with van der Waals surface area (Å²) in [7, 11) is 0. The van der Waals surface area contributed by atoms with Gasteiger partial charge in [0.2, 0.25) is 11.8 Å². The molecule has 1 aromatic rings. The molecule has 0 radical (unpaired) electrons. The van der Waals surface area contributed by atoms with Crippen molar-refractivity contribution in [2.75, 3.05) is 37.6 Å². The van der Waals surface area contributed by atoms with Crippen molar-refractivity contribution in [1.29, 1.82) is 0 Å². The fourth-order valence-electron chi connectivity index (χ4n) is 3.20. The van der Waals surface area contributed by atoms with Crippen LogP contribution in [-0.2, 0) is 16.0 Å². The predicted octanol–water partition coefficient (Wildman–Crippen LogP) is 1.13. The van der Waals surface area contributed by atoms with Crippen molar-refractivity contribution < 1.29 is 14.0 Å². The van der Waals surface area contributed by atoms with Gasteiger partial charge in [-0.1, -0.05) is 18.2 Å². The number of amides is 2. The first-order valence-corrected chi connectivity index (χ1v) is 8.15. The van der Waals surface area contributed by atoms with Gasteiger partial charge in [-0.05, 0) is 24.5 Å². The van der Waals surface area contributed by atoms with Crippen molar-refractivity contribution >= 4 is 17.5 Å². The maximum absolute atomic E-state index is 13.1. The van der Waals surface area contributed by atoms with E-state index in [-0.39, 0.29) is 18.4 Å². The molecule has 1 saturated heterocycles. The van der Waals surface area contributed by atoms with Gasteiger partial charge in [-0.3, -0.25) is 14.5 Å². The Morgan fingerprint density at radius 1 is 1.26 bits per heavy atom. The van der Waals surface area contributed by atoms with Crippen molar-refractivity contribution in [3.8, 4) is 0 Å². The number of hydrogen-bond acceptors (Lipinski definition) is 3. The van der Waals surface area contributed by atoms with E-state index >= 15 is 0 Å². The lowest BCUT2D eigenvalue weighted by Gasteiger charge is -2.18. The molecule has 1 aromatic carbocycles. The van der Waals surface area contributed by atoms with Gasteiger partial charge in [0.25, 0.3) is 0 Å². The van der Waals surface area contributed by atoms with Crippen molar-refractivity contribution in [2.45, 2.75) is 25.4 Å². The first kappa shape index (κ1) is 15.9. The van der Waals surface area contributed by atoms with Crippen LogP contribution in [0.15, 0.2) is 24.3 Å². The quantitative estimate of drug-likeness (QED) is 0.885. The number of benzene rings is 1. The molecule has 2 amide bonds. The molecule has 124 valence electrons. The molecule has 0 aromatic heterocycles. The highest BCUT2D eigenvalue weighted by Gasteiger charge is 2.25. The Morgan fingerprint density at radius 2 is 2.09 bits per heavy atom. The maximum Gasteiger partial charge on any atom is 0.246 e. The molecule has 0 bridgehead atoms. The first-order chi connectivity index (χ1) is 11.1. The highest BCUT2D eigenvalue weighted by atomic mass is 19.1. The third-order valence-corrected chi connectivity index (χ3v) is 4.49. The molecule has 1 atom stereocenters. The van der Waals surface area contributed by atoms with E-state index in [4.69, 9.17) is 0 Å². The lowest BCUT2D eigenvalue weighted by molar-refractivity contribution is -0.125. The number of nitrogens with one attached hydrogen (secondary N) is 1. The number of fused-ring (bicyclic) bond motifs is 1. The van der Waals surface area contributed by atoms with Crippen molar-refractivity contribution in [3.63, 3.8) is 0 Å². The molecule has 0 aliphatic carbocycles. The molecule has 1 fully saturated rings. The number of nitrogens with zero attached hydrogens (tertiary/aromatic N) is 2. The summed E-state index contributed by atoms with van der Waals surface area (Å²) in [5.74, 6) is -0.249. The van der Waals surface area contributed by atoms with E-state index in [0.717, 1.165) is 12.1 Å². The first-order valence-electron chi connectivity index (χ1n) is 8.15. The zero-order chi connectivity index (χ0) is 16.2. The minimum atomic E-state index is -0.769. The van der Waals surface area contributed by atoms with Crippen LogP contribution in [-0.4, -0.2) is 55.6 Å². The van der Waals surface area contributed by atoms with Crippen LogP contribution in [0.2, 0.25) is 0 Å². The summed E-state index contributed by atoms with van der Waals surface area (Å²) < 4.78 is 13.1. The third kappa shape index (κ3) is 3.88. The smallest absolute Gasteiger partial charge is 0.246 e. The number of carbonyl (C=O) groups excluding carboxylic acids is 2. The van der Waals surface area contributed by atoms with E-state index in [1.54, 1.807) is 4.90 Å². The standard InChI is InChI=1S/C17H22FN3O2/c18-14-6-8-20(12-14)9-7-16(22)19-11-17(23)21-10-5-13-3-1-2-4-15(13)21/h1-4,14H,5-12H2,(H,19,22). The number of likely N-dealkylation sites (tertiary alicyclic amines) is 1. The monoisotopic (exact) mass is 319 g/mol. The van der Waals surface area contributed by atoms with Gasteiger partial charge in [-0.2, -0.15) is 0 Å². The Bertz CT molecular complexity index is 593. The average molecular weight is 319 g/mol. The van der Waals surface area contributed by atoms with E-state index in [1.165, 1.54) is 5.56 Å². The summed E-state index contributed by atoms with van der Waals surface area (Å²) in [5.41, 5.74) is 2.11. The molecule has 0 saturated carbocycles. The van der Waals surface area contributed by atoms with Crippen molar-refractivity contribution in [2.24, 2.45) is 0 Å². The summed E-state index contributed by atoms with van der Waals surface area (Å²) >= 11 is 0. The second kappa shape index (κ2) is 7.08. The van der Waals surface area contributed by atoms with Crippen LogP contribution in [0.5, 0.6) is 0 Å². The highest BCUT2D eigenvalue weighted by molar-refractivity contribution is 5.98. The summed E-state index contributed by atoms with van der Waals surface area (Å²) in [5, 5.41) is 2.67. The van der Waals surface area contributed by atoms with E-state index in [1.807, 2.05) is 29.2 Å². The van der Waals surface area contributed by atoms with Crippen molar-refractivity contribution in [3.05, 3.63) is 29.8 Å². The second-order valence-electron chi connectivity index (χ2n) is 6.14. The molecule has 1 unspecified atom stereocenters. The number of rotatable bonds is 5. The van der Waals surface area contributed by atoms with Crippen LogP contribution < -0.4 is 10.2 Å². The largest absolute Gasteiger partial charge is 0.347 e. The van der Waals surface area contributed by atoms with E-state index in [2.05, 4.69) is 5.32 Å². The molecular formula is C17H22FN3O2.